The molecule has 18 heavy (non-hydrogen) atoms. The molecule has 90 valence electrons. The van der Waals surface area contributed by atoms with Gasteiger partial charge in [-0.05, 0) is 52.9 Å². The molecule has 0 aliphatic heterocycles. The molecule has 0 spiro atoms. The molecule has 0 fully saturated rings. The minimum absolute atomic E-state index is 0.639. The number of aromatic nitrogens is 1. The number of hydrogen-bond donors (Lipinski definition) is 1. The lowest BCUT2D eigenvalue weighted by Gasteiger charge is -2.02. The van der Waals surface area contributed by atoms with Crippen LogP contribution in [0.1, 0.15) is 0 Å². The Morgan fingerprint density at radius 3 is 2.83 bits per heavy atom. The number of para-hydroxylation sites is 1. The highest BCUT2D eigenvalue weighted by molar-refractivity contribution is 14.1. The number of fused-ring (bicyclic) bond motifs is 1. The van der Waals surface area contributed by atoms with Crippen molar-refractivity contribution in [2.24, 2.45) is 0 Å². The van der Waals surface area contributed by atoms with Crippen molar-refractivity contribution in [1.29, 1.82) is 0 Å². The van der Waals surface area contributed by atoms with Gasteiger partial charge in [-0.3, -0.25) is 0 Å². The number of hydrogen-bond acceptors (Lipinski definition) is 4. The van der Waals surface area contributed by atoms with Crippen molar-refractivity contribution >= 4 is 49.8 Å². The highest BCUT2D eigenvalue weighted by Crippen LogP contribution is 2.33. The molecule has 1 heterocycles. The van der Waals surface area contributed by atoms with Crippen LogP contribution in [0.3, 0.4) is 0 Å². The maximum Gasteiger partial charge on any atom is 0.279 e. The monoisotopic (exact) mass is 368 g/mol. The van der Waals surface area contributed by atoms with Gasteiger partial charge in [0.2, 0.25) is 0 Å². The van der Waals surface area contributed by atoms with Crippen molar-refractivity contribution < 1.29 is 4.74 Å². The molecular formula is C13H9IN2OS. The number of nitrogen functional groups attached to an aromatic ring is 1. The number of ether oxygens (including phenoxy) is 1. The lowest BCUT2D eigenvalue weighted by atomic mass is 10.3. The fourth-order valence-electron chi connectivity index (χ4n) is 1.59. The first kappa shape index (κ1) is 11.7. The summed E-state index contributed by atoms with van der Waals surface area (Å²) in [5.41, 5.74) is 7.40. The second-order valence-electron chi connectivity index (χ2n) is 3.74. The summed E-state index contributed by atoms with van der Waals surface area (Å²) < 4.78 is 7.89. The summed E-state index contributed by atoms with van der Waals surface area (Å²) in [7, 11) is 0. The molecule has 2 aromatic carbocycles. The topological polar surface area (TPSA) is 48.1 Å². The van der Waals surface area contributed by atoms with Crippen LogP contribution in [0.4, 0.5) is 5.69 Å². The first-order valence-corrected chi connectivity index (χ1v) is 7.20. The van der Waals surface area contributed by atoms with Crippen LogP contribution in [0.2, 0.25) is 0 Å². The molecule has 0 saturated heterocycles. The molecule has 0 bridgehead atoms. The maximum absolute atomic E-state index is 5.79. The Morgan fingerprint density at radius 1 is 1.17 bits per heavy atom. The van der Waals surface area contributed by atoms with E-state index >= 15 is 0 Å². The SMILES string of the molecule is Nc1ccc2nc(Oc3ccccc3I)sc2c1. The van der Waals surface area contributed by atoms with Crippen molar-refractivity contribution in [1.82, 2.24) is 4.98 Å². The van der Waals surface area contributed by atoms with Crippen LogP contribution in [-0.4, -0.2) is 4.98 Å². The summed E-state index contributed by atoms with van der Waals surface area (Å²) in [4.78, 5) is 4.43. The molecule has 3 nitrogen and oxygen atoms in total. The Morgan fingerprint density at radius 2 is 2.00 bits per heavy atom. The molecular weight excluding hydrogens is 359 g/mol. The average molecular weight is 368 g/mol. The average Bonchev–Trinajstić information content (AvgIpc) is 2.73. The summed E-state index contributed by atoms with van der Waals surface area (Å²) in [6.45, 7) is 0. The normalized spacial score (nSPS) is 10.7. The third kappa shape index (κ3) is 2.28. The van der Waals surface area contributed by atoms with Crippen molar-refractivity contribution in [3.63, 3.8) is 0 Å². The number of benzene rings is 2. The van der Waals surface area contributed by atoms with Crippen molar-refractivity contribution in [3.8, 4) is 10.9 Å². The second kappa shape index (κ2) is 4.74. The molecule has 0 unspecified atom stereocenters. The zero-order chi connectivity index (χ0) is 12.5. The molecule has 0 saturated carbocycles. The van der Waals surface area contributed by atoms with Crippen LogP contribution in [0, 0.1) is 3.57 Å². The van der Waals surface area contributed by atoms with E-state index in [1.807, 2.05) is 42.5 Å². The standard InChI is InChI=1S/C13H9IN2OS/c14-9-3-1-2-4-11(9)17-13-16-10-6-5-8(15)7-12(10)18-13/h1-7H,15H2. The molecule has 5 heteroatoms. The van der Waals surface area contributed by atoms with Gasteiger partial charge in [-0.2, -0.15) is 0 Å². The summed E-state index contributed by atoms with van der Waals surface area (Å²) in [6, 6.07) is 13.5. The van der Waals surface area contributed by atoms with Crippen molar-refractivity contribution in [3.05, 3.63) is 46.0 Å². The molecule has 0 radical (unpaired) electrons. The number of thiazole rings is 1. The molecule has 0 aliphatic rings. The molecule has 0 amide bonds. The van der Waals surface area contributed by atoms with E-state index in [9.17, 15) is 0 Å². The van der Waals surface area contributed by atoms with E-state index in [4.69, 9.17) is 10.5 Å². The first-order valence-electron chi connectivity index (χ1n) is 5.31. The smallest absolute Gasteiger partial charge is 0.279 e. The molecule has 3 rings (SSSR count). The van der Waals surface area contributed by atoms with Crippen LogP contribution in [0.15, 0.2) is 42.5 Å². The van der Waals surface area contributed by atoms with Gasteiger partial charge in [0.05, 0.1) is 13.8 Å². The van der Waals surface area contributed by atoms with E-state index in [0.29, 0.717) is 5.19 Å². The predicted molar refractivity (Wildman–Crippen MR) is 83.3 cm³/mol. The molecule has 0 atom stereocenters. The maximum atomic E-state index is 5.79. The van der Waals surface area contributed by atoms with Crippen LogP contribution in [0.25, 0.3) is 10.2 Å². The minimum atomic E-state index is 0.639. The Balaban J connectivity index is 1.98. The number of halogens is 1. The fraction of sp³-hybridized carbons (Fsp3) is 0. The molecule has 2 N–H and O–H groups in total. The fourth-order valence-corrected chi connectivity index (χ4v) is 2.96. The van der Waals surface area contributed by atoms with E-state index in [0.717, 1.165) is 25.2 Å². The van der Waals surface area contributed by atoms with Gasteiger partial charge in [0.15, 0.2) is 0 Å². The van der Waals surface area contributed by atoms with Gasteiger partial charge in [0, 0.05) is 5.69 Å². The van der Waals surface area contributed by atoms with E-state index < -0.39 is 0 Å². The summed E-state index contributed by atoms with van der Waals surface area (Å²) in [6.07, 6.45) is 0. The summed E-state index contributed by atoms with van der Waals surface area (Å²) in [5.74, 6) is 0.824. The number of nitrogens with zero attached hydrogens (tertiary/aromatic N) is 1. The van der Waals surface area contributed by atoms with E-state index in [1.165, 1.54) is 11.3 Å². The highest BCUT2D eigenvalue weighted by atomic mass is 127. The molecule has 0 aliphatic carbocycles. The number of rotatable bonds is 2. The quantitative estimate of drug-likeness (QED) is 0.543. The highest BCUT2D eigenvalue weighted by Gasteiger charge is 2.07. The molecule has 1 aromatic heterocycles. The zero-order valence-electron chi connectivity index (χ0n) is 9.26. The minimum Gasteiger partial charge on any atom is -0.430 e. The first-order chi connectivity index (χ1) is 8.72. The Labute approximate surface area is 122 Å². The largest absolute Gasteiger partial charge is 0.430 e. The van der Waals surface area contributed by atoms with Crippen molar-refractivity contribution in [2.75, 3.05) is 5.73 Å². The lowest BCUT2D eigenvalue weighted by Crippen LogP contribution is -1.85. The summed E-state index contributed by atoms with van der Waals surface area (Å²) >= 11 is 3.74. The van der Waals surface area contributed by atoms with E-state index in [1.54, 1.807) is 0 Å². The second-order valence-corrected chi connectivity index (χ2v) is 5.89. The number of nitrogens with two attached hydrogens (primary N) is 1. The van der Waals surface area contributed by atoms with Crippen LogP contribution in [0.5, 0.6) is 10.9 Å². The lowest BCUT2D eigenvalue weighted by molar-refractivity contribution is 0.477. The Kier molecular flexibility index (Phi) is 3.09. The van der Waals surface area contributed by atoms with Crippen LogP contribution in [-0.2, 0) is 0 Å². The zero-order valence-corrected chi connectivity index (χ0v) is 12.2. The van der Waals surface area contributed by atoms with Gasteiger partial charge in [0.1, 0.15) is 5.75 Å². The van der Waals surface area contributed by atoms with E-state index in [-0.39, 0.29) is 0 Å². The van der Waals surface area contributed by atoms with Crippen LogP contribution >= 0.6 is 33.9 Å². The van der Waals surface area contributed by atoms with Gasteiger partial charge in [-0.1, -0.05) is 23.5 Å². The summed E-state index contributed by atoms with van der Waals surface area (Å²) in [5, 5.41) is 0.639. The van der Waals surface area contributed by atoms with Gasteiger partial charge in [0.25, 0.3) is 5.19 Å². The van der Waals surface area contributed by atoms with Crippen LogP contribution < -0.4 is 10.5 Å². The number of anilines is 1. The predicted octanol–water partition coefficient (Wildman–Crippen LogP) is 4.28. The molecule has 3 aromatic rings. The van der Waals surface area contributed by atoms with Gasteiger partial charge in [-0.15, -0.1) is 0 Å². The Bertz CT molecular complexity index is 711. The van der Waals surface area contributed by atoms with Gasteiger partial charge < -0.3 is 10.5 Å². The van der Waals surface area contributed by atoms with E-state index in [2.05, 4.69) is 27.6 Å². The van der Waals surface area contributed by atoms with Gasteiger partial charge in [-0.25, -0.2) is 4.98 Å². The Hall–Kier alpha value is -1.34. The van der Waals surface area contributed by atoms with Crippen molar-refractivity contribution in [2.45, 2.75) is 0 Å². The third-order valence-electron chi connectivity index (χ3n) is 2.43. The van der Waals surface area contributed by atoms with Gasteiger partial charge >= 0.3 is 0 Å². The third-order valence-corrected chi connectivity index (χ3v) is 4.21.